The quantitative estimate of drug-likeness (QED) is 0.726. The Labute approximate surface area is 163 Å². The lowest BCUT2D eigenvalue weighted by Crippen LogP contribution is -2.41. The van der Waals surface area contributed by atoms with Crippen molar-refractivity contribution < 1.29 is 14.1 Å². The van der Waals surface area contributed by atoms with Crippen LogP contribution in [0.25, 0.3) is 0 Å². The Morgan fingerprint density at radius 1 is 1.46 bits per heavy atom. The van der Waals surface area contributed by atoms with E-state index >= 15 is 0 Å². The van der Waals surface area contributed by atoms with E-state index in [2.05, 4.69) is 31.0 Å². The summed E-state index contributed by atoms with van der Waals surface area (Å²) >= 11 is 0. The highest BCUT2D eigenvalue weighted by Gasteiger charge is 2.45. The van der Waals surface area contributed by atoms with Crippen LogP contribution in [0.5, 0.6) is 0 Å². The van der Waals surface area contributed by atoms with Gasteiger partial charge in [-0.3, -0.25) is 9.89 Å². The zero-order valence-corrected chi connectivity index (χ0v) is 16.4. The maximum absolute atomic E-state index is 12.2. The van der Waals surface area contributed by atoms with E-state index in [1.165, 1.54) is 0 Å². The van der Waals surface area contributed by atoms with Gasteiger partial charge < -0.3 is 19.9 Å². The average Bonchev–Trinajstić information content (AvgIpc) is 3.38. The summed E-state index contributed by atoms with van der Waals surface area (Å²) in [6, 6.07) is 4.51. The van der Waals surface area contributed by atoms with Crippen LogP contribution in [-0.2, 0) is 16.0 Å². The van der Waals surface area contributed by atoms with Crippen LogP contribution in [0.3, 0.4) is 0 Å². The van der Waals surface area contributed by atoms with Crippen molar-refractivity contribution >= 4 is 17.7 Å². The Bertz CT molecular complexity index is 886. The minimum Gasteiger partial charge on any atom is -0.463 e. The first-order valence-corrected chi connectivity index (χ1v) is 9.67. The highest BCUT2D eigenvalue weighted by molar-refractivity contribution is 5.91. The number of ether oxygens (including phenoxy) is 1. The monoisotopic (exact) mass is 386 g/mol. The van der Waals surface area contributed by atoms with Crippen LogP contribution < -0.4 is 10.6 Å². The number of aromatic amines is 1. The predicted molar refractivity (Wildman–Crippen MR) is 103 cm³/mol. The standard InChI is InChI=1S/C19H26N6O3/c1-11(2)20-18-22-19(10-27-18)5-4-13(9-19)15-8-16(24-23-15)21-17(26)7-14-6-12(3)25-28-14/h6,8,11,13H,4-5,7,9-10H2,1-3H3,(H,20,22)(H2,21,23,24,26). The van der Waals surface area contributed by atoms with Crippen LogP contribution in [0.15, 0.2) is 21.6 Å². The highest BCUT2D eigenvalue weighted by atomic mass is 16.5. The summed E-state index contributed by atoms with van der Waals surface area (Å²) in [6.07, 6.45) is 3.12. The van der Waals surface area contributed by atoms with Crippen molar-refractivity contribution in [2.45, 2.75) is 64.0 Å². The predicted octanol–water partition coefficient (Wildman–Crippen LogP) is 2.28. The number of H-pyrrole nitrogens is 1. The van der Waals surface area contributed by atoms with Crippen LogP contribution in [0.2, 0.25) is 0 Å². The number of anilines is 1. The molecule has 0 aromatic carbocycles. The molecule has 0 radical (unpaired) electrons. The van der Waals surface area contributed by atoms with E-state index in [9.17, 15) is 4.79 Å². The molecule has 9 nitrogen and oxygen atoms in total. The molecular weight excluding hydrogens is 360 g/mol. The number of nitrogens with zero attached hydrogens (tertiary/aromatic N) is 3. The first-order chi connectivity index (χ1) is 13.4. The van der Waals surface area contributed by atoms with Gasteiger partial charge >= 0.3 is 0 Å². The third kappa shape index (κ3) is 4.02. The zero-order valence-electron chi connectivity index (χ0n) is 16.4. The first kappa shape index (κ1) is 18.5. The number of nitrogens with one attached hydrogen (secondary N) is 3. The summed E-state index contributed by atoms with van der Waals surface area (Å²) in [6.45, 7) is 6.53. The third-order valence-electron chi connectivity index (χ3n) is 5.16. The molecule has 3 N–H and O–H groups in total. The van der Waals surface area contributed by atoms with Crippen molar-refractivity contribution in [1.29, 1.82) is 0 Å². The number of carbonyl (C=O) groups excluding carboxylic acids is 1. The van der Waals surface area contributed by atoms with Crippen LogP contribution in [0.1, 0.15) is 56.2 Å². The number of carbonyl (C=O) groups is 1. The molecule has 4 rings (SSSR count). The van der Waals surface area contributed by atoms with Gasteiger partial charge in [0.2, 0.25) is 5.91 Å². The van der Waals surface area contributed by atoms with Gasteiger partial charge in [-0.15, -0.1) is 0 Å². The van der Waals surface area contributed by atoms with Crippen LogP contribution in [0.4, 0.5) is 5.82 Å². The number of hydrogen-bond donors (Lipinski definition) is 3. The summed E-state index contributed by atoms with van der Waals surface area (Å²) < 4.78 is 10.8. The normalized spacial score (nSPS) is 25.4. The van der Waals surface area contributed by atoms with E-state index in [0.29, 0.717) is 30.1 Å². The average molecular weight is 386 g/mol. The Morgan fingerprint density at radius 3 is 3.07 bits per heavy atom. The molecule has 150 valence electrons. The van der Waals surface area contributed by atoms with E-state index < -0.39 is 0 Å². The molecule has 0 bridgehead atoms. The summed E-state index contributed by atoms with van der Waals surface area (Å²) in [4.78, 5) is 16.6. The van der Waals surface area contributed by atoms with Gasteiger partial charge in [-0.1, -0.05) is 5.16 Å². The van der Waals surface area contributed by atoms with Crippen LogP contribution in [-0.4, -0.2) is 45.5 Å². The van der Waals surface area contributed by atoms with E-state index in [4.69, 9.17) is 9.26 Å². The lowest BCUT2D eigenvalue weighted by Gasteiger charge is -2.20. The van der Waals surface area contributed by atoms with Crippen LogP contribution >= 0.6 is 0 Å². The molecule has 1 aliphatic heterocycles. The lowest BCUT2D eigenvalue weighted by molar-refractivity contribution is -0.115. The fraction of sp³-hybridized carbons (Fsp3) is 0.579. The molecule has 2 aromatic heterocycles. The fourth-order valence-electron chi connectivity index (χ4n) is 3.90. The molecule has 2 aromatic rings. The zero-order chi connectivity index (χ0) is 19.7. The minimum absolute atomic E-state index is 0.0585. The Balaban J connectivity index is 1.34. The summed E-state index contributed by atoms with van der Waals surface area (Å²) in [7, 11) is 0. The third-order valence-corrected chi connectivity index (χ3v) is 5.16. The van der Waals surface area contributed by atoms with Gasteiger partial charge in [-0.05, 0) is 40.0 Å². The Hall–Kier alpha value is -2.84. The van der Waals surface area contributed by atoms with Crippen molar-refractivity contribution in [3.63, 3.8) is 0 Å². The molecule has 2 fully saturated rings. The summed E-state index contributed by atoms with van der Waals surface area (Å²) in [5, 5.41) is 17.4. The van der Waals surface area contributed by atoms with E-state index in [1.807, 2.05) is 26.8 Å². The van der Waals surface area contributed by atoms with Crippen LogP contribution in [0, 0.1) is 6.92 Å². The largest absolute Gasteiger partial charge is 0.463 e. The molecular formula is C19H26N6O3. The smallest absolute Gasteiger partial charge is 0.285 e. The Kier molecular flexibility index (Phi) is 4.82. The molecule has 1 spiro atoms. The van der Waals surface area contributed by atoms with Gasteiger partial charge in [0, 0.05) is 29.8 Å². The number of aryl methyl sites for hydroxylation is 1. The van der Waals surface area contributed by atoms with Crippen molar-refractivity contribution in [1.82, 2.24) is 20.7 Å². The van der Waals surface area contributed by atoms with E-state index in [1.54, 1.807) is 6.07 Å². The molecule has 9 heteroatoms. The highest BCUT2D eigenvalue weighted by Crippen LogP contribution is 2.42. The second-order valence-corrected chi connectivity index (χ2v) is 8.03. The molecule has 2 aliphatic rings. The van der Waals surface area contributed by atoms with Gasteiger partial charge in [-0.25, -0.2) is 4.99 Å². The molecule has 1 saturated carbocycles. The molecule has 2 unspecified atom stereocenters. The van der Waals surface area contributed by atoms with Crippen molar-refractivity contribution in [3.8, 4) is 0 Å². The SMILES string of the molecule is Cc1cc(CC(=O)Nc2cc(C3CCC4(COC(=NC(C)C)N4)C3)[nH]n2)on1. The van der Waals surface area contributed by atoms with E-state index in [0.717, 1.165) is 30.7 Å². The van der Waals surface area contributed by atoms with Crippen molar-refractivity contribution in [3.05, 3.63) is 29.3 Å². The van der Waals surface area contributed by atoms with Gasteiger partial charge in [0.15, 0.2) is 5.82 Å². The second kappa shape index (κ2) is 7.29. The number of hydrogen-bond acceptors (Lipinski definition) is 6. The van der Waals surface area contributed by atoms with Gasteiger partial charge in [-0.2, -0.15) is 5.10 Å². The number of aromatic nitrogens is 3. The minimum atomic E-state index is -0.183. The lowest BCUT2D eigenvalue weighted by atomic mass is 9.96. The second-order valence-electron chi connectivity index (χ2n) is 8.03. The first-order valence-electron chi connectivity index (χ1n) is 9.67. The molecule has 2 atom stereocenters. The molecule has 1 aliphatic carbocycles. The number of aliphatic imine (C=N–C) groups is 1. The van der Waals surface area contributed by atoms with Gasteiger partial charge in [0.25, 0.3) is 6.02 Å². The summed E-state index contributed by atoms with van der Waals surface area (Å²) in [5.74, 6) is 1.21. The maximum Gasteiger partial charge on any atom is 0.285 e. The summed E-state index contributed by atoms with van der Waals surface area (Å²) in [5.41, 5.74) is 1.72. The molecule has 28 heavy (non-hydrogen) atoms. The topological polar surface area (TPSA) is 117 Å². The van der Waals surface area contributed by atoms with Gasteiger partial charge in [0.05, 0.1) is 17.7 Å². The maximum atomic E-state index is 12.2. The van der Waals surface area contributed by atoms with Gasteiger partial charge in [0.1, 0.15) is 12.4 Å². The molecule has 1 amide bonds. The molecule has 3 heterocycles. The number of rotatable bonds is 5. The van der Waals surface area contributed by atoms with E-state index in [-0.39, 0.29) is 23.9 Å². The fourth-order valence-corrected chi connectivity index (χ4v) is 3.90. The number of amidine groups is 1. The molecule has 1 saturated heterocycles. The van der Waals surface area contributed by atoms with Crippen molar-refractivity contribution in [2.75, 3.05) is 11.9 Å². The Morgan fingerprint density at radius 2 is 2.32 bits per heavy atom. The van der Waals surface area contributed by atoms with Crippen molar-refractivity contribution in [2.24, 2.45) is 4.99 Å². The number of amides is 1.